The topological polar surface area (TPSA) is 87.1 Å². The first-order valence-corrected chi connectivity index (χ1v) is 12.0. The van der Waals surface area contributed by atoms with E-state index in [-0.39, 0.29) is 28.0 Å². The molecule has 1 unspecified atom stereocenters. The maximum atomic E-state index is 13.4. The van der Waals surface area contributed by atoms with Crippen molar-refractivity contribution in [1.29, 1.82) is 0 Å². The summed E-state index contributed by atoms with van der Waals surface area (Å²) in [6, 6.07) is 13.5. The van der Waals surface area contributed by atoms with Crippen LogP contribution >= 0.6 is 23.2 Å². The van der Waals surface area contributed by atoms with E-state index in [2.05, 4.69) is 0 Å². The summed E-state index contributed by atoms with van der Waals surface area (Å²) in [6.07, 6.45) is 0. The van der Waals surface area contributed by atoms with Gasteiger partial charge in [-0.25, -0.2) is 0 Å². The van der Waals surface area contributed by atoms with Gasteiger partial charge in [0.05, 0.1) is 23.7 Å². The van der Waals surface area contributed by atoms with E-state index < -0.39 is 17.7 Å². The molecular formula is C28H25Cl2NO5. The van der Waals surface area contributed by atoms with E-state index in [1.807, 2.05) is 13.8 Å². The second-order valence-electron chi connectivity index (χ2n) is 8.92. The minimum atomic E-state index is -0.992. The number of aryl methyl sites for hydroxylation is 1. The minimum Gasteiger partial charge on any atom is -0.507 e. The number of benzene rings is 3. The molecule has 1 atom stereocenters. The van der Waals surface area contributed by atoms with Crippen LogP contribution in [-0.4, -0.2) is 29.0 Å². The maximum Gasteiger partial charge on any atom is 0.300 e. The van der Waals surface area contributed by atoms with Gasteiger partial charge in [0.2, 0.25) is 0 Å². The number of phenols is 1. The van der Waals surface area contributed by atoms with Crippen LogP contribution in [0.2, 0.25) is 10.0 Å². The molecule has 0 radical (unpaired) electrons. The number of aliphatic hydroxyl groups is 1. The Balaban J connectivity index is 2.00. The third-order valence-electron chi connectivity index (χ3n) is 6.29. The van der Waals surface area contributed by atoms with E-state index in [9.17, 15) is 19.8 Å². The molecular weight excluding hydrogens is 501 g/mol. The molecule has 1 saturated heterocycles. The van der Waals surface area contributed by atoms with Crippen molar-refractivity contribution in [3.05, 3.63) is 92.5 Å². The predicted molar refractivity (Wildman–Crippen MR) is 141 cm³/mol. The van der Waals surface area contributed by atoms with E-state index in [1.165, 1.54) is 17.0 Å². The summed E-state index contributed by atoms with van der Waals surface area (Å²) in [6.45, 7) is 5.78. The molecule has 2 N–H and O–H groups in total. The van der Waals surface area contributed by atoms with Crippen molar-refractivity contribution in [2.24, 2.45) is 0 Å². The summed E-state index contributed by atoms with van der Waals surface area (Å²) < 4.78 is 5.51. The van der Waals surface area contributed by atoms with Crippen molar-refractivity contribution in [3.8, 4) is 11.5 Å². The number of phenolic OH excluding ortho intramolecular Hbond substituents is 1. The Kier molecular flexibility index (Phi) is 7.03. The quantitative estimate of drug-likeness (QED) is 0.218. The molecule has 0 bridgehead atoms. The van der Waals surface area contributed by atoms with Crippen LogP contribution in [-0.2, 0) is 9.59 Å². The van der Waals surface area contributed by atoms with Gasteiger partial charge in [0.1, 0.15) is 17.3 Å². The maximum absolute atomic E-state index is 13.4. The van der Waals surface area contributed by atoms with Crippen LogP contribution < -0.4 is 9.64 Å². The molecule has 186 valence electrons. The van der Waals surface area contributed by atoms with Crippen LogP contribution in [0.4, 0.5) is 5.69 Å². The van der Waals surface area contributed by atoms with Gasteiger partial charge in [0.25, 0.3) is 11.7 Å². The number of Topliss-reactive ketones (excluding diaryl/α,β-unsaturated/α-hetero) is 1. The zero-order valence-electron chi connectivity index (χ0n) is 20.2. The predicted octanol–water partition coefficient (Wildman–Crippen LogP) is 6.77. The summed E-state index contributed by atoms with van der Waals surface area (Å²) in [5, 5.41) is 22.0. The van der Waals surface area contributed by atoms with Crippen LogP contribution in [0.5, 0.6) is 11.5 Å². The average molecular weight is 526 g/mol. The Labute approximate surface area is 219 Å². The number of aliphatic hydroxyl groups excluding tert-OH is 1. The van der Waals surface area contributed by atoms with Crippen LogP contribution in [0.15, 0.2) is 60.2 Å². The van der Waals surface area contributed by atoms with E-state index in [0.29, 0.717) is 33.1 Å². The molecule has 1 fully saturated rings. The molecule has 3 aromatic carbocycles. The van der Waals surface area contributed by atoms with Gasteiger partial charge in [-0.15, -0.1) is 0 Å². The Morgan fingerprint density at radius 2 is 1.69 bits per heavy atom. The largest absolute Gasteiger partial charge is 0.507 e. The number of hydrogen-bond donors (Lipinski definition) is 2. The van der Waals surface area contributed by atoms with Crippen molar-refractivity contribution < 1.29 is 24.5 Å². The fourth-order valence-electron chi connectivity index (χ4n) is 4.44. The van der Waals surface area contributed by atoms with Crippen molar-refractivity contribution in [1.82, 2.24) is 0 Å². The summed E-state index contributed by atoms with van der Waals surface area (Å²) in [4.78, 5) is 28.0. The highest BCUT2D eigenvalue weighted by atomic mass is 35.5. The Hall–Kier alpha value is -3.48. The van der Waals surface area contributed by atoms with E-state index in [0.717, 1.165) is 5.56 Å². The normalized spacial score (nSPS) is 17.2. The average Bonchev–Trinajstić information content (AvgIpc) is 3.11. The molecule has 0 aromatic heterocycles. The number of hydrogen-bond acceptors (Lipinski definition) is 5. The zero-order valence-corrected chi connectivity index (χ0v) is 21.7. The molecule has 1 amide bonds. The van der Waals surface area contributed by atoms with E-state index >= 15 is 0 Å². The fourth-order valence-corrected chi connectivity index (χ4v) is 4.75. The van der Waals surface area contributed by atoms with Gasteiger partial charge in [-0.3, -0.25) is 14.5 Å². The number of anilines is 1. The lowest BCUT2D eigenvalue weighted by molar-refractivity contribution is -0.132. The van der Waals surface area contributed by atoms with Gasteiger partial charge in [0.15, 0.2) is 0 Å². The molecule has 0 spiro atoms. The van der Waals surface area contributed by atoms with Gasteiger partial charge < -0.3 is 14.9 Å². The number of ether oxygens (including phenoxy) is 1. The van der Waals surface area contributed by atoms with Gasteiger partial charge in [0, 0.05) is 16.3 Å². The lowest BCUT2D eigenvalue weighted by Gasteiger charge is -2.26. The van der Waals surface area contributed by atoms with E-state index in [1.54, 1.807) is 56.5 Å². The minimum absolute atomic E-state index is 0.0527. The van der Waals surface area contributed by atoms with Crippen LogP contribution in [0.25, 0.3) is 5.76 Å². The molecule has 3 aromatic rings. The number of ketones is 1. The number of aromatic hydroxyl groups is 1. The van der Waals surface area contributed by atoms with E-state index in [4.69, 9.17) is 27.9 Å². The first kappa shape index (κ1) is 25.6. The molecule has 4 rings (SSSR count). The third kappa shape index (κ3) is 4.43. The third-order valence-corrected chi connectivity index (χ3v) is 6.85. The highest BCUT2D eigenvalue weighted by molar-refractivity contribution is 6.51. The molecule has 0 aliphatic carbocycles. The van der Waals surface area contributed by atoms with Crippen molar-refractivity contribution in [3.63, 3.8) is 0 Å². The lowest BCUT2D eigenvalue weighted by Crippen LogP contribution is -2.29. The molecule has 1 heterocycles. The number of methoxy groups -OCH3 is 1. The highest BCUT2D eigenvalue weighted by Crippen LogP contribution is 2.44. The number of rotatable bonds is 5. The monoisotopic (exact) mass is 525 g/mol. The van der Waals surface area contributed by atoms with Crippen LogP contribution in [0, 0.1) is 6.92 Å². The van der Waals surface area contributed by atoms with Gasteiger partial charge in [-0.2, -0.15) is 0 Å². The Bertz CT molecular complexity index is 1400. The number of carbonyl (C=O) groups excluding carboxylic acids is 2. The van der Waals surface area contributed by atoms with Gasteiger partial charge in [-0.1, -0.05) is 43.1 Å². The Morgan fingerprint density at radius 1 is 1.03 bits per heavy atom. The zero-order chi connectivity index (χ0) is 26.3. The molecule has 1 aliphatic rings. The number of nitrogens with zero attached hydrogens (tertiary/aromatic N) is 1. The van der Waals surface area contributed by atoms with Crippen molar-refractivity contribution in [2.75, 3.05) is 12.0 Å². The molecule has 0 saturated carbocycles. The van der Waals surface area contributed by atoms with Crippen LogP contribution in [0.1, 0.15) is 48.1 Å². The first-order chi connectivity index (χ1) is 17.0. The first-order valence-electron chi connectivity index (χ1n) is 11.3. The fraction of sp³-hybridized carbons (Fsp3) is 0.214. The molecule has 1 aliphatic heterocycles. The molecule has 8 heteroatoms. The highest BCUT2D eigenvalue weighted by Gasteiger charge is 2.47. The number of halogens is 2. The Morgan fingerprint density at radius 3 is 2.28 bits per heavy atom. The number of amides is 1. The number of carbonyl (C=O) groups is 2. The standard InChI is InChI=1S/C28H25Cl2NO5/c1-14(2)19-13-20(15(3)11-23(19)36-4)26(33)24-25(16-5-10-22(32)21(30)12-16)31(28(35)27(24)34)18-8-6-17(29)7-9-18/h5-14,25,32-33H,1-4H3/b26-24+. The molecule has 6 nitrogen and oxygen atoms in total. The second kappa shape index (κ2) is 9.88. The summed E-state index contributed by atoms with van der Waals surface area (Å²) >= 11 is 12.2. The van der Waals surface area contributed by atoms with Gasteiger partial charge >= 0.3 is 0 Å². The van der Waals surface area contributed by atoms with Crippen LogP contribution in [0.3, 0.4) is 0 Å². The lowest BCUT2D eigenvalue weighted by atomic mass is 9.91. The van der Waals surface area contributed by atoms with Crippen molar-refractivity contribution in [2.45, 2.75) is 32.7 Å². The smallest absolute Gasteiger partial charge is 0.300 e. The summed E-state index contributed by atoms with van der Waals surface area (Å²) in [7, 11) is 1.58. The second-order valence-corrected chi connectivity index (χ2v) is 9.76. The summed E-state index contributed by atoms with van der Waals surface area (Å²) in [5.74, 6) is -1.34. The van der Waals surface area contributed by atoms with Gasteiger partial charge in [-0.05, 0) is 78.1 Å². The summed E-state index contributed by atoms with van der Waals surface area (Å²) in [5.41, 5.74) is 2.73. The SMILES string of the molecule is COc1cc(C)c(/C(O)=C2\C(=O)C(=O)N(c3ccc(Cl)cc3)C2c2ccc(O)c(Cl)c2)cc1C(C)C. The molecule has 36 heavy (non-hydrogen) atoms. The van der Waals surface area contributed by atoms with Crippen molar-refractivity contribution >= 4 is 46.3 Å².